The van der Waals surface area contributed by atoms with Crippen LogP contribution in [0.3, 0.4) is 0 Å². The molecule has 0 saturated carbocycles. The number of hydrogen-bond donors (Lipinski definition) is 0. The average Bonchev–Trinajstić information content (AvgIpc) is 3.90. The second-order valence-corrected chi connectivity index (χ2v) is 14.5. The number of nitrogens with zero attached hydrogens (tertiary/aromatic N) is 5. The van der Waals surface area contributed by atoms with Crippen molar-refractivity contribution in [3.63, 3.8) is 0 Å². The first-order chi connectivity index (χ1) is 27.8. The molecule has 0 aliphatic rings. The van der Waals surface area contributed by atoms with E-state index < -0.39 is 0 Å². The molecule has 0 fully saturated rings. The lowest BCUT2D eigenvalue weighted by atomic mass is 10.1. The van der Waals surface area contributed by atoms with Gasteiger partial charge in [-0.15, -0.1) is 11.3 Å². The van der Waals surface area contributed by atoms with Crippen LogP contribution in [0, 0.1) is 0 Å². The lowest BCUT2D eigenvalue weighted by Gasteiger charge is -2.29. The molecular weight excluding hydrogens is 703 g/mol. The van der Waals surface area contributed by atoms with Crippen LogP contribution in [0.1, 0.15) is 0 Å². The molecule has 5 nitrogen and oxygen atoms in total. The van der Waals surface area contributed by atoms with Crippen molar-refractivity contribution in [3.8, 4) is 27.6 Å². The van der Waals surface area contributed by atoms with Gasteiger partial charge >= 0.3 is 0 Å². The van der Waals surface area contributed by atoms with E-state index in [0.717, 1.165) is 83.0 Å². The normalized spacial score (nSPS) is 11.2. The minimum absolute atomic E-state index is 0.903. The molecule has 2 aromatic heterocycles. The largest absolute Gasteiger partial charge is 0.309 e. The Kier molecular flexibility index (Phi) is 8.63. The van der Waals surface area contributed by atoms with E-state index >= 15 is 0 Å². The summed E-state index contributed by atoms with van der Waals surface area (Å²) in [5, 5.41) is 0.943. The Hall–Kier alpha value is -7.28. The first-order valence-corrected chi connectivity index (χ1v) is 19.5. The molecule has 0 unspecified atom stereocenters. The van der Waals surface area contributed by atoms with E-state index in [4.69, 9.17) is 9.97 Å². The minimum Gasteiger partial charge on any atom is -0.309 e. The summed E-state index contributed by atoms with van der Waals surface area (Å²) in [6.45, 7) is 0. The highest BCUT2D eigenvalue weighted by atomic mass is 32.1. The number of rotatable bonds is 9. The van der Waals surface area contributed by atoms with Gasteiger partial charge in [0.05, 0.1) is 27.1 Å². The fourth-order valence-corrected chi connectivity index (χ4v) is 8.54. The molecule has 6 heteroatoms. The maximum absolute atomic E-state index is 5.52. The molecule has 10 aromatic rings. The minimum atomic E-state index is 0.903. The zero-order chi connectivity index (χ0) is 37.3. The van der Waals surface area contributed by atoms with Crippen molar-refractivity contribution in [1.29, 1.82) is 0 Å². The molecule has 0 aliphatic heterocycles. The summed E-state index contributed by atoms with van der Waals surface area (Å²) in [7, 11) is 0. The van der Waals surface area contributed by atoms with E-state index in [1.165, 1.54) is 0 Å². The molecule has 0 atom stereocenters. The first kappa shape index (κ1) is 33.3. The van der Waals surface area contributed by atoms with Gasteiger partial charge in [-0.3, -0.25) is 4.57 Å². The quantitative estimate of drug-likeness (QED) is 0.148. The fraction of sp³-hybridized carbons (Fsp3) is 0. The molecule has 2 heterocycles. The van der Waals surface area contributed by atoms with Crippen LogP contribution in [-0.2, 0) is 0 Å². The van der Waals surface area contributed by atoms with Crippen LogP contribution >= 0.6 is 11.3 Å². The standard InChI is InChI=1S/C50H35N5S/c1-6-18-38(19-7-1)53(39-20-8-2-9-21-39)45-34-35-46(54(40-22-10-3-11-23-40)41-24-12-4-13-25-41)48-47(45)52-50(56-48)37-32-30-36(31-33-37)49-51-43-28-16-17-29-44(43)55(49)42-26-14-5-15-27-42/h1-35H. The maximum Gasteiger partial charge on any atom is 0.145 e. The second-order valence-electron chi connectivity index (χ2n) is 13.5. The number of imidazole rings is 1. The molecule has 0 amide bonds. The molecule has 0 radical (unpaired) electrons. The molecule has 266 valence electrons. The van der Waals surface area contributed by atoms with Crippen LogP contribution in [0.15, 0.2) is 212 Å². The van der Waals surface area contributed by atoms with Gasteiger partial charge in [-0.2, -0.15) is 0 Å². The van der Waals surface area contributed by atoms with Crippen LogP contribution in [-0.4, -0.2) is 14.5 Å². The van der Waals surface area contributed by atoms with Crippen LogP contribution in [0.25, 0.3) is 48.9 Å². The third-order valence-electron chi connectivity index (χ3n) is 10.0. The summed E-state index contributed by atoms with van der Waals surface area (Å²) < 4.78 is 3.33. The maximum atomic E-state index is 5.52. The number of aromatic nitrogens is 3. The Morgan fingerprint density at radius 3 is 1.39 bits per heavy atom. The predicted octanol–water partition coefficient (Wildman–Crippen LogP) is 13.9. The average molecular weight is 738 g/mol. The zero-order valence-corrected chi connectivity index (χ0v) is 31.2. The molecule has 0 aliphatic carbocycles. The van der Waals surface area contributed by atoms with Crippen molar-refractivity contribution in [2.24, 2.45) is 0 Å². The zero-order valence-electron chi connectivity index (χ0n) is 30.4. The summed E-state index contributed by atoms with van der Waals surface area (Å²) in [4.78, 5) is 15.3. The van der Waals surface area contributed by atoms with E-state index in [1.54, 1.807) is 11.3 Å². The molecule has 0 spiro atoms. The molecule has 0 bridgehead atoms. The number of anilines is 6. The second kappa shape index (κ2) is 14.5. The lowest BCUT2D eigenvalue weighted by Crippen LogP contribution is -2.12. The predicted molar refractivity (Wildman–Crippen MR) is 234 cm³/mol. The van der Waals surface area contributed by atoms with Crippen LogP contribution in [0.2, 0.25) is 0 Å². The summed E-state index contributed by atoms with van der Waals surface area (Å²) >= 11 is 1.72. The number of para-hydroxylation sites is 7. The Morgan fingerprint density at radius 2 is 0.839 bits per heavy atom. The number of benzene rings is 8. The van der Waals surface area contributed by atoms with Gasteiger partial charge in [0, 0.05) is 39.6 Å². The molecule has 0 saturated heterocycles. The van der Waals surface area contributed by atoms with Crippen LogP contribution in [0.4, 0.5) is 34.1 Å². The third-order valence-corrected chi connectivity index (χ3v) is 11.1. The SMILES string of the molecule is c1ccc(N(c2ccccc2)c2ccc(N(c3ccccc3)c3ccccc3)c3sc(-c4ccc(-c5nc6ccccc6n5-c5ccccc5)cc4)nc23)cc1. The monoisotopic (exact) mass is 737 g/mol. The first-order valence-electron chi connectivity index (χ1n) is 18.7. The van der Waals surface area contributed by atoms with E-state index in [1.807, 2.05) is 12.1 Å². The molecule has 56 heavy (non-hydrogen) atoms. The van der Waals surface area contributed by atoms with E-state index in [9.17, 15) is 0 Å². The third kappa shape index (κ3) is 6.08. The van der Waals surface area contributed by atoms with Crippen molar-refractivity contribution < 1.29 is 0 Å². The number of fused-ring (bicyclic) bond motifs is 2. The van der Waals surface area contributed by atoms with Gasteiger partial charge < -0.3 is 9.80 Å². The van der Waals surface area contributed by atoms with E-state index in [-0.39, 0.29) is 0 Å². The summed E-state index contributed by atoms with van der Waals surface area (Å²) in [5.74, 6) is 0.903. The molecule has 0 N–H and O–H groups in total. The molecule has 8 aromatic carbocycles. The Balaban J connectivity index is 1.16. The van der Waals surface area contributed by atoms with E-state index in [0.29, 0.717) is 0 Å². The van der Waals surface area contributed by atoms with Crippen molar-refractivity contribution in [2.45, 2.75) is 0 Å². The number of hydrogen-bond acceptors (Lipinski definition) is 5. The van der Waals surface area contributed by atoms with Gasteiger partial charge in [0.2, 0.25) is 0 Å². The van der Waals surface area contributed by atoms with Gasteiger partial charge in [0.15, 0.2) is 0 Å². The van der Waals surface area contributed by atoms with Gasteiger partial charge in [0.25, 0.3) is 0 Å². The van der Waals surface area contributed by atoms with Crippen LogP contribution in [0.5, 0.6) is 0 Å². The van der Waals surface area contributed by atoms with Crippen molar-refractivity contribution in [1.82, 2.24) is 14.5 Å². The highest BCUT2D eigenvalue weighted by Gasteiger charge is 2.24. The van der Waals surface area contributed by atoms with Crippen LogP contribution < -0.4 is 9.80 Å². The van der Waals surface area contributed by atoms with E-state index in [2.05, 4.69) is 215 Å². The highest BCUT2D eigenvalue weighted by molar-refractivity contribution is 7.22. The Bertz CT molecular complexity index is 2690. The van der Waals surface area contributed by atoms with Crippen molar-refractivity contribution in [2.75, 3.05) is 9.80 Å². The lowest BCUT2D eigenvalue weighted by molar-refractivity contribution is 1.10. The summed E-state index contributed by atoms with van der Waals surface area (Å²) in [5.41, 5.74) is 12.5. The topological polar surface area (TPSA) is 37.2 Å². The molecule has 10 rings (SSSR count). The molecular formula is C50H35N5S. The van der Waals surface area contributed by atoms with Gasteiger partial charge in [-0.1, -0.05) is 127 Å². The summed E-state index contributed by atoms with van der Waals surface area (Å²) in [6, 6.07) is 74.2. The fourth-order valence-electron chi connectivity index (χ4n) is 7.44. The number of thiazole rings is 1. The van der Waals surface area contributed by atoms with Crippen molar-refractivity contribution >= 4 is 66.7 Å². The highest BCUT2D eigenvalue weighted by Crippen LogP contribution is 2.48. The van der Waals surface area contributed by atoms with Gasteiger partial charge in [0.1, 0.15) is 16.3 Å². The van der Waals surface area contributed by atoms with Gasteiger partial charge in [-0.05, 0) is 84.9 Å². The smallest absolute Gasteiger partial charge is 0.145 e. The van der Waals surface area contributed by atoms with Gasteiger partial charge in [-0.25, -0.2) is 9.97 Å². The summed E-state index contributed by atoms with van der Waals surface area (Å²) in [6.07, 6.45) is 0. The Labute approximate surface area is 329 Å². The Morgan fingerprint density at radius 1 is 0.393 bits per heavy atom. The van der Waals surface area contributed by atoms with Crippen molar-refractivity contribution in [3.05, 3.63) is 212 Å².